The number of halogens is 1. The van der Waals surface area contributed by atoms with Crippen LogP contribution in [0.2, 0.25) is 5.02 Å². The normalized spacial score (nSPS) is 19.9. The van der Waals surface area contributed by atoms with Gasteiger partial charge < -0.3 is 15.4 Å². The Morgan fingerprint density at radius 2 is 2.59 bits per heavy atom. The Morgan fingerprint density at radius 1 is 1.71 bits per heavy atom. The molecule has 0 spiro atoms. The van der Waals surface area contributed by atoms with Crippen molar-refractivity contribution in [3.63, 3.8) is 0 Å². The van der Waals surface area contributed by atoms with Gasteiger partial charge in [-0.05, 0) is 12.1 Å². The van der Waals surface area contributed by atoms with Crippen LogP contribution in [0.25, 0.3) is 0 Å². The van der Waals surface area contributed by atoms with Crippen molar-refractivity contribution in [3.8, 4) is 0 Å². The summed E-state index contributed by atoms with van der Waals surface area (Å²) in [4.78, 5) is 15.7. The first-order chi connectivity index (χ1) is 8.24. The van der Waals surface area contributed by atoms with Crippen LogP contribution in [0.4, 0.5) is 5.82 Å². The van der Waals surface area contributed by atoms with E-state index in [0.717, 1.165) is 6.54 Å². The van der Waals surface area contributed by atoms with E-state index in [1.54, 1.807) is 18.3 Å². The number of anilines is 1. The molecule has 0 aliphatic carbocycles. The number of morpholine rings is 1. The molecule has 0 aromatic carbocycles. The highest BCUT2D eigenvalue weighted by Gasteiger charge is 2.16. The summed E-state index contributed by atoms with van der Waals surface area (Å²) in [7, 11) is 0. The van der Waals surface area contributed by atoms with Gasteiger partial charge in [-0.3, -0.25) is 4.79 Å². The lowest BCUT2D eigenvalue weighted by atomic mass is 10.2. The first kappa shape index (κ1) is 12.3. The van der Waals surface area contributed by atoms with Gasteiger partial charge in [0.2, 0.25) is 5.91 Å². The minimum Gasteiger partial charge on any atom is -0.378 e. The summed E-state index contributed by atoms with van der Waals surface area (Å²) in [5.41, 5.74) is 0. The fraction of sp³-hybridized carbons (Fsp3) is 0.455. The van der Waals surface area contributed by atoms with Crippen molar-refractivity contribution >= 4 is 23.3 Å². The van der Waals surface area contributed by atoms with Gasteiger partial charge in [0, 0.05) is 30.2 Å². The van der Waals surface area contributed by atoms with E-state index in [0.29, 0.717) is 30.5 Å². The van der Waals surface area contributed by atoms with Crippen LogP contribution >= 0.6 is 11.6 Å². The minimum atomic E-state index is -0.0947. The Kier molecular flexibility index (Phi) is 4.30. The Labute approximate surface area is 105 Å². The second-order valence-electron chi connectivity index (χ2n) is 3.84. The lowest BCUT2D eigenvalue weighted by Gasteiger charge is -2.23. The first-order valence-electron chi connectivity index (χ1n) is 5.46. The number of rotatable bonds is 3. The highest BCUT2D eigenvalue weighted by atomic mass is 35.5. The van der Waals surface area contributed by atoms with Crippen LogP contribution in [-0.4, -0.2) is 36.7 Å². The molecule has 0 radical (unpaired) electrons. The van der Waals surface area contributed by atoms with Gasteiger partial charge in [0.15, 0.2) is 0 Å². The second-order valence-corrected chi connectivity index (χ2v) is 4.27. The molecule has 5 nitrogen and oxygen atoms in total. The number of pyridine rings is 1. The summed E-state index contributed by atoms with van der Waals surface area (Å²) < 4.78 is 5.27. The zero-order valence-corrected chi connectivity index (χ0v) is 10.0. The average Bonchev–Trinajstić information content (AvgIpc) is 2.30. The Morgan fingerprint density at radius 3 is 3.29 bits per heavy atom. The van der Waals surface area contributed by atoms with Gasteiger partial charge in [-0.1, -0.05) is 11.6 Å². The molecule has 1 aliphatic heterocycles. The molecule has 1 atom stereocenters. The van der Waals surface area contributed by atoms with Crippen LogP contribution in [0.15, 0.2) is 18.3 Å². The number of hydrogen-bond acceptors (Lipinski definition) is 4. The first-order valence-corrected chi connectivity index (χ1v) is 5.84. The van der Waals surface area contributed by atoms with Crippen molar-refractivity contribution < 1.29 is 9.53 Å². The van der Waals surface area contributed by atoms with Gasteiger partial charge in [0.25, 0.3) is 0 Å². The average molecular weight is 256 g/mol. The molecule has 1 unspecified atom stereocenters. The zero-order valence-electron chi connectivity index (χ0n) is 9.28. The predicted octanol–water partition coefficient (Wildman–Crippen LogP) is 1.05. The van der Waals surface area contributed by atoms with Crippen molar-refractivity contribution in [2.45, 2.75) is 12.5 Å². The number of ether oxygens (including phenoxy) is 1. The van der Waals surface area contributed by atoms with Crippen LogP contribution in [0.5, 0.6) is 0 Å². The van der Waals surface area contributed by atoms with E-state index in [-0.39, 0.29) is 11.9 Å². The number of nitrogens with zero attached hydrogens (tertiary/aromatic N) is 1. The number of hydrogen-bond donors (Lipinski definition) is 2. The summed E-state index contributed by atoms with van der Waals surface area (Å²) >= 11 is 5.80. The van der Waals surface area contributed by atoms with E-state index in [9.17, 15) is 4.79 Å². The highest BCUT2D eigenvalue weighted by molar-refractivity contribution is 6.30. The van der Waals surface area contributed by atoms with Gasteiger partial charge in [-0.2, -0.15) is 0 Å². The third-order valence-corrected chi connectivity index (χ3v) is 2.65. The van der Waals surface area contributed by atoms with Crippen LogP contribution in [-0.2, 0) is 9.53 Å². The molecule has 92 valence electrons. The van der Waals surface area contributed by atoms with E-state index in [1.807, 2.05) is 0 Å². The number of amides is 1. The summed E-state index contributed by atoms with van der Waals surface area (Å²) in [6.45, 7) is 2.05. The molecule has 2 N–H and O–H groups in total. The van der Waals surface area contributed by atoms with E-state index < -0.39 is 0 Å². The molecule has 6 heteroatoms. The molecule has 0 bridgehead atoms. The summed E-state index contributed by atoms with van der Waals surface area (Å²) in [5, 5.41) is 6.47. The van der Waals surface area contributed by atoms with Crippen LogP contribution in [0.3, 0.4) is 0 Å². The Balaban J connectivity index is 1.84. The van der Waals surface area contributed by atoms with Gasteiger partial charge in [-0.15, -0.1) is 0 Å². The van der Waals surface area contributed by atoms with Crippen molar-refractivity contribution in [1.29, 1.82) is 0 Å². The molecule has 17 heavy (non-hydrogen) atoms. The fourth-order valence-corrected chi connectivity index (χ4v) is 1.80. The maximum Gasteiger partial charge on any atom is 0.227 e. The summed E-state index contributed by atoms with van der Waals surface area (Å²) in [6.07, 6.45) is 1.92. The maximum absolute atomic E-state index is 11.7. The molecule has 0 saturated carbocycles. The molecular weight excluding hydrogens is 242 g/mol. The molecule has 1 aromatic rings. The third-order valence-electron chi connectivity index (χ3n) is 2.42. The lowest BCUT2D eigenvalue weighted by Crippen LogP contribution is -2.43. The fourth-order valence-electron chi connectivity index (χ4n) is 1.64. The molecule has 1 fully saturated rings. The Hall–Kier alpha value is -1.17. The van der Waals surface area contributed by atoms with Crippen molar-refractivity contribution in [2.24, 2.45) is 0 Å². The smallest absolute Gasteiger partial charge is 0.227 e. The number of nitrogens with one attached hydrogen (secondary N) is 2. The molecule has 2 heterocycles. The predicted molar refractivity (Wildman–Crippen MR) is 65.1 cm³/mol. The van der Waals surface area contributed by atoms with Crippen molar-refractivity contribution in [3.05, 3.63) is 23.4 Å². The van der Waals surface area contributed by atoms with E-state index in [2.05, 4.69) is 15.6 Å². The molecule has 1 amide bonds. The Bertz CT molecular complexity index is 394. The molecule has 2 rings (SSSR count). The van der Waals surface area contributed by atoms with E-state index in [4.69, 9.17) is 16.3 Å². The molecular formula is C11H14ClN3O2. The highest BCUT2D eigenvalue weighted by Crippen LogP contribution is 2.12. The summed E-state index contributed by atoms with van der Waals surface area (Å²) in [6, 6.07) is 3.35. The number of carbonyl (C=O) groups is 1. The second kappa shape index (κ2) is 5.95. The van der Waals surface area contributed by atoms with Crippen molar-refractivity contribution in [1.82, 2.24) is 10.3 Å². The summed E-state index contributed by atoms with van der Waals surface area (Å²) in [5.74, 6) is 0.377. The van der Waals surface area contributed by atoms with Crippen molar-refractivity contribution in [2.75, 3.05) is 25.1 Å². The molecule has 1 saturated heterocycles. The van der Waals surface area contributed by atoms with Gasteiger partial charge in [0.1, 0.15) is 5.82 Å². The minimum absolute atomic E-state index is 0.0722. The largest absolute Gasteiger partial charge is 0.378 e. The van der Waals surface area contributed by atoms with E-state index in [1.165, 1.54) is 0 Å². The number of aromatic nitrogens is 1. The van der Waals surface area contributed by atoms with Crippen LogP contribution < -0.4 is 10.6 Å². The van der Waals surface area contributed by atoms with Gasteiger partial charge in [-0.25, -0.2) is 4.98 Å². The standard InChI is InChI=1S/C11H14ClN3O2/c12-8-1-2-14-10(5-8)15-11(16)6-9-7-17-4-3-13-9/h1-2,5,9,13H,3-4,6-7H2,(H,14,15,16). The maximum atomic E-state index is 11.7. The van der Waals surface area contributed by atoms with Crippen LogP contribution in [0, 0.1) is 0 Å². The van der Waals surface area contributed by atoms with Gasteiger partial charge in [0.05, 0.1) is 13.2 Å². The van der Waals surface area contributed by atoms with Gasteiger partial charge >= 0.3 is 0 Å². The quantitative estimate of drug-likeness (QED) is 0.848. The third kappa shape index (κ3) is 3.96. The van der Waals surface area contributed by atoms with Crippen LogP contribution in [0.1, 0.15) is 6.42 Å². The lowest BCUT2D eigenvalue weighted by molar-refractivity contribution is -0.117. The monoisotopic (exact) mass is 255 g/mol. The zero-order chi connectivity index (χ0) is 12.1. The topological polar surface area (TPSA) is 63.2 Å². The molecule has 1 aromatic heterocycles. The van der Waals surface area contributed by atoms with E-state index >= 15 is 0 Å². The number of carbonyl (C=O) groups excluding carboxylic acids is 1. The SMILES string of the molecule is O=C(CC1COCCN1)Nc1cc(Cl)ccn1. The molecule has 1 aliphatic rings.